The van der Waals surface area contributed by atoms with Crippen molar-refractivity contribution >= 4 is 11.6 Å². The van der Waals surface area contributed by atoms with E-state index < -0.39 is 0 Å². The Bertz CT molecular complexity index is 377. The van der Waals surface area contributed by atoms with Crippen LogP contribution >= 0.6 is 0 Å². The van der Waals surface area contributed by atoms with Gasteiger partial charge in [-0.3, -0.25) is 4.79 Å². The second kappa shape index (κ2) is 3.33. The second-order valence-electron chi connectivity index (χ2n) is 3.75. The molecular formula is C11H15NO2. The van der Waals surface area contributed by atoms with E-state index in [0.717, 1.165) is 11.4 Å². The van der Waals surface area contributed by atoms with E-state index in [1.807, 2.05) is 18.2 Å². The third-order valence-corrected chi connectivity index (χ3v) is 2.31. The van der Waals surface area contributed by atoms with Crippen molar-refractivity contribution in [2.75, 3.05) is 11.9 Å². The minimum Gasteiger partial charge on any atom is -0.482 e. The van der Waals surface area contributed by atoms with Crippen molar-refractivity contribution in [1.82, 2.24) is 0 Å². The van der Waals surface area contributed by atoms with Crippen LogP contribution in [0.4, 0.5) is 5.69 Å². The number of ether oxygens (including phenoxy) is 1. The predicted molar refractivity (Wildman–Crippen MR) is 56.8 cm³/mol. The van der Waals surface area contributed by atoms with E-state index in [4.69, 9.17) is 4.74 Å². The highest BCUT2D eigenvalue weighted by Crippen LogP contribution is 2.30. The number of anilines is 1. The maximum atomic E-state index is 11.0. The number of hydrogen-bond acceptors (Lipinski definition) is 2. The van der Waals surface area contributed by atoms with Crippen LogP contribution in [-0.2, 0) is 4.79 Å². The summed E-state index contributed by atoms with van der Waals surface area (Å²) in [6, 6.07) is 5.89. The third kappa shape index (κ3) is 1.58. The van der Waals surface area contributed by atoms with Crippen LogP contribution in [-0.4, -0.2) is 12.5 Å². The van der Waals surface area contributed by atoms with E-state index in [1.165, 1.54) is 5.56 Å². The van der Waals surface area contributed by atoms with Gasteiger partial charge in [0.1, 0.15) is 5.75 Å². The van der Waals surface area contributed by atoms with Gasteiger partial charge in [-0.25, -0.2) is 0 Å². The summed E-state index contributed by atoms with van der Waals surface area (Å²) in [4.78, 5) is 11.0. The molecule has 0 bridgehead atoms. The lowest BCUT2D eigenvalue weighted by Crippen LogP contribution is -2.25. The summed E-state index contributed by atoms with van der Waals surface area (Å²) >= 11 is 0. The van der Waals surface area contributed by atoms with Gasteiger partial charge in [-0.2, -0.15) is 0 Å². The van der Waals surface area contributed by atoms with Gasteiger partial charge in [0.2, 0.25) is 0 Å². The first kappa shape index (κ1) is 9.06. The molecule has 1 N–H and O–H groups in total. The highest BCUT2D eigenvalue weighted by Gasteiger charge is 2.16. The van der Waals surface area contributed by atoms with Crippen molar-refractivity contribution in [3.63, 3.8) is 0 Å². The van der Waals surface area contributed by atoms with Gasteiger partial charge in [0, 0.05) is 1.43 Å². The molecule has 0 radical (unpaired) electrons. The maximum Gasteiger partial charge on any atom is 0.262 e. The lowest BCUT2D eigenvalue weighted by atomic mass is 10.0. The number of amides is 1. The Morgan fingerprint density at radius 3 is 3.00 bits per heavy atom. The summed E-state index contributed by atoms with van der Waals surface area (Å²) in [6.07, 6.45) is 0. The van der Waals surface area contributed by atoms with E-state index in [-0.39, 0.29) is 13.9 Å². The molecule has 2 rings (SSSR count). The van der Waals surface area contributed by atoms with Crippen LogP contribution in [0.5, 0.6) is 5.75 Å². The average Bonchev–Trinajstić information content (AvgIpc) is 2.16. The molecule has 0 aliphatic carbocycles. The van der Waals surface area contributed by atoms with Crippen LogP contribution in [0.3, 0.4) is 0 Å². The normalized spacial score (nSPS) is 14.6. The molecule has 0 saturated carbocycles. The second-order valence-corrected chi connectivity index (χ2v) is 3.75. The Labute approximate surface area is 84.6 Å². The van der Waals surface area contributed by atoms with Crippen LogP contribution < -0.4 is 10.1 Å². The molecule has 3 nitrogen and oxygen atoms in total. The van der Waals surface area contributed by atoms with Crippen molar-refractivity contribution in [2.45, 2.75) is 19.8 Å². The van der Waals surface area contributed by atoms with E-state index in [9.17, 15) is 4.79 Å². The van der Waals surface area contributed by atoms with Gasteiger partial charge in [0.25, 0.3) is 5.91 Å². The van der Waals surface area contributed by atoms with Crippen LogP contribution in [0.1, 0.15) is 26.8 Å². The van der Waals surface area contributed by atoms with Gasteiger partial charge in [-0.15, -0.1) is 0 Å². The minimum absolute atomic E-state index is 0. The zero-order valence-corrected chi connectivity index (χ0v) is 8.33. The molecule has 1 aromatic rings. The number of carbonyl (C=O) groups is 1. The SMILES string of the molecule is CC(C)c1ccc2c(c1)OCC(=O)N2.[HH]. The predicted octanol–water partition coefficient (Wildman–Crippen LogP) is 2.39. The lowest BCUT2D eigenvalue weighted by Gasteiger charge is -2.19. The molecule has 76 valence electrons. The molecule has 1 heterocycles. The first-order valence-corrected chi connectivity index (χ1v) is 4.73. The Morgan fingerprint density at radius 2 is 2.29 bits per heavy atom. The van der Waals surface area contributed by atoms with Gasteiger partial charge >= 0.3 is 0 Å². The molecule has 3 heteroatoms. The number of fused-ring (bicyclic) bond motifs is 1. The van der Waals surface area contributed by atoms with Crippen molar-refractivity contribution in [3.8, 4) is 5.75 Å². The zero-order chi connectivity index (χ0) is 10.1. The number of rotatable bonds is 1. The third-order valence-electron chi connectivity index (χ3n) is 2.31. The fraction of sp³-hybridized carbons (Fsp3) is 0.364. The molecule has 14 heavy (non-hydrogen) atoms. The Balaban J connectivity index is 0.00000112. The van der Waals surface area contributed by atoms with Crippen LogP contribution in [0.15, 0.2) is 18.2 Å². The maximum absolute atomic E-state index is 11.0. The van der Waals surface area contributed by atoms with Crippen molar-refractivity contribution in [3.05, 3.63) is 23.8 Å². The zero-order valence-electron chi connectivity index (χ0n) is 8.33. The summed E-state index contributed by atoms with van der Waals surface area (Å²) in [5.74, 6) is 1.16. The van der Waals surface area contributed by atoms with E-state index in [1.54, 1.807) is 0 Å². The topological polar surface area (TPSA) is 38.3 Å². The fourth-order valence-electron chi connectivity index (χ4n) is 1.45. The molecule has 0 atom stereocenters. The van der Waals surface area contributed by atoms with Crippen LogP contribution in [0, 0.1) is 0 Å². The molecule has 0 unspecified atom stereocenters. The van der Waals surface area contributed by atoms with Gasteiger partial charge in [0.15, 0.2) is 6.61 Å². The highest BCUT2D eigenvalue weighted by molar-refractivity contribution is 5.95. The van der Waals surface area contributed by atoms with Gasteiger partial charge < -0.3 is 10.1 Å². The molecule has 1 aliphatic heterocycles. The fourth-order valence-corrected chi connectivity index (χ4v) is 1.45. The number of nitrogens with one attached hydrogen (secondary N) is 1. The van der Waals surface area contributed by atoms with Crippen molar-refractivity contribution < 1.29 is 11.0 Å². The summed E-state index contributed by atoms with van der Waals surface area (Å²) in [6.45, 7) is 4.38. The molecule has 0 fully saturated rings. The Hall–Kier alpha value is -1.51. The van der Waals surface area contributed by atoms with E-state index in [2.05, 4.69) is 19.2 Å². The molecule has 0 aromatic heterocycles. The Kier molecular flexibility index (Phi) is 2.15. The average molecular weight is 193 g/mol. The number of hydrogen-bond donors (Lipinski definition) is 1. The summed E-state index contributed by atoms with van der Waals surface area (Å²) in [5, 5.41) is 2.76. The summed E-state index contributed by atoms with van der Waals surface area (Å²) < 4.78 is 5.31. The van der Waals surface area contributed by atoms with E-state index in [0.29, 0.717) is 5.92 Å². The summed E-state index contributed by atoms with van der Waals surface area (Å²) in [5.41, 5.74) is 1.99. The summed E-state index contributed by atoms with van der Waals surface area (Å²) in [7, 11) is 0. The minimum atomic E-state index is -0.0882. The van der Waals surface area contributed by atoms with Gasteiger partial charge in [-0.1, -0.05) is 19.9 Å². The molecule has 1 aromatic carbocycles. The Morgan fingerprint density at radius 1 is 1.50 bits per heavy atom. The van der Waals surface area contributed by atoms with Crippen molar-refractivity contribution in [2.24, 2.45) is 0 Å². The first-order valence-electron chi connectivity index (χ1n) is 4.73. The molecule has 1 amide bonds. The molecule has 1 aliphatic rings. The van der Waals surface area contributed by atoms with Gasteiger partial charge in [-0.05, 0) is 23.6 Å². The quantitative estimate of drug-likeness (QED) is 0.743. The van der Waals surface area contributed by atoms with Crippen LogP contribution in [0.2, 0.25) is 0 Å². The molecule has 0 saturated heterocycles. The van der Waals surface area contributed by atoms with Crippen LogP contribution in [0.25, 0.3) is 0 Å². The molecular weight excluding hydrogens is 178 g/mol. The molecule has 0 spiro atoms. The lowest BCUT2D eigenvalue weighted by molar-refractivity contribution is -0.118. The highest BCUT2D eigenvalue weighted by atomic mass is 16.5. The first-order chi connectivity index (χ1) is 6.66. The van der Waals surface area contributed by atoms with E-state index >= 15 is 0 Å². The standard InChI is InChI=1S/C11H13NO2.H2/c1-7(2)8-3-4-9-10(5-8)14-6-11(13)12-9;/h3-5,7H,6H2,1-2H3,(H,12,13);1H. The van der Waals surface area contributed by atoms with Crippen molar-refractivity contribution in [1.29, 1.82) is 0 Å². The number of benzene rings is 1. The number of carbonyl (C=O) groups excluding carboxylic acids is 1. The van der Waals surface area contributed by atoms with Gasteiger partial charge in [0.05, 0.1) is 5.69 Å². The smallest absolute Gasteiger partial charge is 0.262 e. The largest absolute Gasteiger partial charge is 0.482 e. The monoisotopic (exact) mass is 193 g/mol.